The second-order valence-corrected chi connectivity index (χ2v) is 6.10. The summed E-state index contributed by atoms with van der Waals surface area (Å²) in [6.07, 6.45) is 1.46. The number of ether oxygens (including phenoxy) is 1. The van der Waals surface area contributed by atoms with Crippen molar-refractivity contribution in [1.82, 2.24) is 14.1 Å². The largest absolute Gasteiger partial charge is 0.458 e. The van der Waals surface area contributed by atoms with Crippen LogP contribution in [0.4, 0.5) is 0 Å². The quantitative estimate of drug-likeness (QED) is 0.521. The maximum atomic E-state index is 12.9. The molecule has 0 aliphatic heterocycles. The maximum Gasteiger partial charge on any atom is 0.340 e. The van der Waals surface area contributed by atoms with Gasteiger partial charge in [-0.05, 0) is 12.5 Å². The van der Waals surface area contributed by atoms with Crippen LogP contribution in [-0.2, 0) is 18.8 Å². The van der Waals surface area contributed by atoms with Gasteiger partial charge >= 0.3 is 11.7 Å². The number of rotatable bonds is 4. The fourth-order valence-electron chi connectivity index (χ4n) is 3.05. The van der Waals surface area contributed by atoms with Crippen LogP contribution in [0.1, 0.15) is 16.1 Å². The minimum atomic E-state index is -0.600. The van der Waals surface area contributed by atoms with Crippen molar-refractivity contribution in [1.29, 1.82) is 0 Å². The van der Waals surface area contributed by atoms with Crippen LogP contribution in [-0.4, -0.2) is 26.7 Å². The third-order valence-corrected chi connectivity index (χ3v) is 4.37. The number of carbonyl (C=O) groups is 1. The first-order valence-corrected chi connectivity index (χ1v) is 8.32. The number of fused-ring (bicyclic) bond motifs is 1. The van der Waals surface area contributed by atoms with Gasteiger partial charge in [-0.3, -0.25) is 13.9 Å². The zero-order valence-electron chi connectivity index (χ0n) is 15.4. The zero-order valence-corrected chi connectivity index (χ0v) is 15.4. The van der Waals surface area contributed by atoms with Crippen LogP contribution in [0.5, 0.6) is 0 Å². The van der Waals surface area contributed by atoms with E-state index < -0.39 is 17.2 Å². The van der Waals surface area contributed by atoms with E-state index in [9.17, 15) is 14.4 Å². The van der Waals surface area contributed by atoms with Gasteiger partial charge in [0.15, 0.2) is 0 Å². The predicted molar refractivity (Wildman–Crippen MR) is 103 cm³/mol. The van der Waals surface area contributed by atoms with Gasteiger partial charge in [0.2, 0.25) is 0 Å². The molecule has 0 radical (unpaired) electrons. The smallest absolute Gasteiger partial charge is 0.340 e. The molecule has 1 aromatic carbocycles. The van der Waals surface area contributed by atoms with E-state index in [0.29, 0.717) is 16.8 Å². The summed E-state index contributed by atoms with van der Waals surface area (Å²) in [6.45, 7) is 5.23. The maximum absolute atomic E-state index is 12.9. The topological polar surface area (TPSA) is 83.2 Å². The van der Waals surface area contributed by atoms with Crippen molar-refractivity contribution < 1.29 is 9.53 Å². The van der Waals surface area contributed by atoms with E-state index in [1.54, 1.807) is 26.1 Å². The Hall–Kier alpha value is -3.48. The molecular formula is C20H19N3O4. The Morgan fingerprint density at radius 3 is 2.48 bits per heavy atom. The summed E-state index contributed by atoms with van der Waals surface area (Å²) in [7, 11) is 2.94. The van der Waals surface area contributed by atoms with Gasteiger partial charge < -0.3 is 4.74 Å². The number of benzene rings is 1. The first kappa shape index (κ1) is 18.3. The summed E-state index contributed by atoms with van der Waals surface area (Å²) in [4.78, 5) is 42.3. The molecule has 2 heterocycles. The highest BCUT2D eigenvalue weighted by atomic mass is 16.5. The van der Waals surface area contributed by atoms with Crippen molar-refractivity contribution in [2.45, 2.75) is 6.92 Å². The SMILES string of the molecule is C=CCOC(=O)c1c(C)nc2c(c1-c1ccccc1)c(=O)n(C)c(=O)n2C. The molecule has 0 N–H and O–H groups in total. The normalized spacial score (nSPS) is 10.8. The predicted octanol–water partition coefficient (Wildman–Crippen LogP) is 1.95. The molecule has 0 unspecified atom stereocenters. The zero-order chi connectivity index (χ0) is 19.7. The second-order valence-electron chi connectivity index (χ2n) is 6.10. The Morgan fingerprint density at radius 1 is 1.19 bits per heavy atom. The van der Waals surface area contributed by atoms with Crippen LogP contribution >= 0.6 is 0 Å². The van der Waals surface area contributed by atoms with Crippen LogP contribution in [0, 0.1) is 6.92 Å². The lowest BCUT2D eigenvalue weighted by molar-refractivity contribution is 0.0549. The molecule has 7 heteroatoms. The van der Waals surface area contributed by atoms with E-state index in [4.69, 9.17) is 4.74 Å². The standard InChI is InChI=1S/C20H19N3O4/c1-5-11-27-19(25)14-12(2)21-17-16(15(14)13-9-7-6-8-10-13)18(24)23(4)20(26)22(17)3/h5-10H,1,11H2,2-4H3. The fraction of sp³-hybridized carbons (Fsp3) is 0.200. The minimum absolute atomic E-state index is 0.0375. The van der Waals surface area contributed by atoms with Crippen molar-refractivity contribution in [3.63, 3.8) is 0 Å². The molecule has 0 aliphatic carbocycles. The highest BCUT2D eigenvalue weighted by molar-refractivity contribution is 6.07. The molecule has 7 nitrogen and oxygen atoms in total. The van der Waals surface area contributed by atoms with Crippen molar-refractivity contribution in [3.8, 4) is 11.1 Å². The van der Waals surface area contributed by atoms with E-state index in [0.717, 1.165) is 4.57 Å². The number of aryl methyl sites for hydroxylation is 2. The molecule has 0 atom stereocenters. The van der Waals surface area contributed by atoms with Gasteiger partial charge in [-0.25, -0.2) is 14.6 Å². The van der Waals surface area contributed by atoms with E-state index in [1.165, 1.54) is 17.7 Å². The fourth-order valence-corrected chi connectivity index (χ4v) is 3.05. The lowest BCUT2D eigenvalue weighted by Gasteiger charge is -2.16. The number of aromatic nitrogens is 3. The molecule has 2 aromatic heterocycles. The Kier molecular flexibility index (Phi) is 4.77. The van der Waals surface area contributed by atoms with Crippen molar-refractivity contribution in [2.24, 2.45) is 14.1 Å². The number of carbonyl (C=O) groups excluding carboxylic acids is 1. The first-order chi connectivity index (χ1) is 12.9. The van der Waals surface area contributed by atoms with Crippen LogP contribution in [0.2, 0.25) is 0 Å². The van der Waals surface area contributed by atoms with E-state index >= 15 is 0 Å². The first-order valence-electron chi connectivity index (χ1n) is 8.32. The third kappa shape index (κ3) is 2.97. The molecule has 0 bridgehead atoms. The number of nitrogens with zero attached hydrogens (tertiary/aromatic N) is 3. The Morgan fingerprint density at radius 2 is 1.85 bits per heavy atom. The highest BCUT2D eigenvalue weighted by Gasteiger charge is 2.25. The summed E-state index contributed by atoms with van der Waals surface area (Å²) in [6, 6.07) is 9.04. The van der Waals surface area contributed by atoms with Crippen molar-refractivity contribution in [2.75, 3.05) is 6.61 Å². The van der Waals surface area contributed by atoms with Crippen molar-refractivity contribution in [3.05, 3.63) is 75.1 Å². The molecule has 0 saturated heterocycles. The van der Waals surface area contributed by atoms with Gasteiger partial charge in [-0.15, -0.1) is 0 Å². The molecule has 0 fully saturated rings. The number of hydrogen-bond donors (Lipinski definition) is 0. The van der Waals surface area contributed by atoms with Gasteiger partial charge in [0.1, 0.15) is 12.3 Å². The molecule has 138 valence electrons. The van der Waals surface area contributed by atoms with Crippen LogP contribution in [0.25, 0.3) is 22.2 Å². The highest BCUT2D eigenvalue weighted by Crippen LogP contribution is 2.31. The number of hydrogen-bond acceptors (Lipinski definition) is 5. The molecule has 27 heavy (non-hydrogen) atoms. The van der Waals surface area contributed by atoms with Gasteiger partial charge in [0, 0.05) is 19.7 Å². The Balaban J connectivity index is 2.55. The molecule has 3 aromatic rings. The number of pyridine rings is 1. The molecule has 0 spiro atoms. The molecule has 0 saturated carbocycles. The van der Waals surface area contributed by atoms with E-state index in [2.05, 4.69) is 11.6 Å². The summed E-state index contributed by atoms with van der Waals surface area (Å²) in [5, 5.41) is 0.196. The third-order valence-electron chi connectivity index (χ3n) is 4.37. The molecule has 3 rings (SSSR count). The van der Waals surface area contributed by atoms with Gasteiger partial charge in [-0.2, -0.15) is 0 Å². The summed E-state index contributed by atoms with van der Waals surface area (Å²) < 4.78 is 7.52. The van der Waals surface area contributed by atoms with Crippen molar-refractivity contribution >= 4 is 17.0 Å². The second kappa shape index (κ2) is 7.03. The Labute approximate surface area is 155 Å². The minimum Gasteiger partial charge on any atom is -0.458 e. The molecular weight excluding hydrogens is 346 g/mol. The average Bonchev–Trinajstić information content (AvgIpc) is 2.68. The lowest BCUT2D eigenvalue weighted by Crippen LogP contribution is -2.38. The van der Waals surface area contributed by atoms with E-state index in [1.807, 2.05) is 18.2 Å². The summed E-state index contributed by atoms with van der Waals surface area (Å²) in [5.41, 5.74) is 0.861. The van der Waals surface area contributed by atoms with E-state index in [-0.39, 0.29) is 23.2 Å². The monoisotopic (exact) mass is 365 g/mol. The van der Waals surface area contributed by atoms with Gasteiger partial charge in [0.05, 0.1) is 16.6 Å². The number of esters is 1. The molecule has 0 amide bonds. The van der Waals surface area contributed by atoms with Crippen LogP contribution < -0.4 is 11.2 Å². The summed E-state index contributed by atoms with van der Waals surface area (Å²) >= 11 is 0. The van der Waals surface area contributed by atoms with Gasteiger partial charge in [-0.1, -0.05) is 43.0 Å². The van der Waals surface area contributed by atoms with Gasteiger partial charge in [0.25, 0.3) is 5.56 Å². The molecule has 0 aliphatic rings. The average molecular weight is 365 g/mol. The van der Waals surface area contributed by atoms with Crippen LogP contribution in [0.3, 0.4) is 0 Å². The lowest BCUT2D eigenvalue weighted by atomic mass is 9.96. The summed E-state index contributed by atoms with van der Waals surface area (Å²) in [5.74, 6) is -0.600. The Bertz CT molecular complexity index is 1170. The van der Waals surface area contributed by atoms with Crippen LogP contribution in [0.15, 0.2) is 52.6 Å².